The smallest absolute Gasteiger partial charge is 0.134 e. The molecule has 0 saturated carbocycles. The third-order valence-electron chi connectivity index (χ3n) is 2.30. The summed E-state index contributed by atoms with van der Waals surface area (Å²) in [5.41, 5.74) is 7.25. The molecule has 1 aromatic rings. The summed E-state index contributed by atoms with van der Waals surface area (Å²) in [5.74, 6) is 0.871. The molecule has 2 N–H and O–H groups in total. The van der Waals surface area contributed by atoms with Crippen LogP contribution in [0.5, 0.6) is 5.75 Å². The van der Waals surface area contributed by atoms with E-state index in [0.717, 1.165) is 29.2 Å². The fourth-order valence-electron chi connectivity index (χ4n) is 1.50. The molecule has 3 nitrogen and oxygen atoms in total. The Morgan fingerprint density at radius 1 is 1.64 bits per heavy atom. The van der Waals surface area contributed by atoms with Crippen molar-refractivity contribution in [1.82, 2.24) is 0 Å². The molecule has 1 unspecified atom stereocenters. The Morgan fingerprint density at radius 3 is 3.14 bits per heavy atom. The van der Waals surface area contributed by atoms with Crippen LogP contribution in [-0.4, -0.2) is 13.7 Å². The third-order valence-corrected chi connectivity index (χ3v) is 3.28. The fraction of sp³-hybridized carbons (Fsp3) is 0.400. The number of methoxy groups -OCH3 is 1. The summed E-state index contributed by atoms with van der Waals surface area (Å²) in [5, 5.41) is 1.99. The van der Waals surface area contributed by atoms with Gasteiger partial charge >= 0.3 is 0 Å². The molecule has 0 radical (unpaired) electrons. The van der Waals surface area contributed by atoms with Gasteiger partial charge in [-0.05, 0) is 17.0 Å². The van der Waals surface area contributed by atoms with E-state index in [-0.39, 0.29) is 6.04 Å². The lowest BCUT2D eigenvalue weighted by Crippen LogP contribution is -2.11. The Hall–Kier alpha value is -1.00. The Kier molecular flexibility index (Phi) is 2.74. The molecule has 0 saturated heterocycles. The minimum absolute atomic E-state index is 0.0764. The molecule has 76 valence electrons. The molecule has 14 heavy (non-hydrogen) atoms. The van der Waals surface area contributed by atoms with E-state index >= 15 is 0 Å². The second-order valence-corrected chi connectivity index (χ2v) is 4.09. The van der Waals surface area contributed by atoms with Crippen molar-refractivity contribution < 1.29 is 9.47 Å². The zero-order chi connectivity index (χ0) is 9.97. The first-order chi connectivity index (χ1) is 6.83. The van der Waals surface area contributed by atoms with Crippen molar-refractivity contribution in [3.63, 3.8) is 0 Å². The normalized spacial score (nSPS) is 17.4. The lowest BCUT2D eigenvalue weighted by molar-refractivity contribution is 0.281. The van der Waals surface area contributed by atoms with Crippen LogP contribution < -0.4 is 10.5 Å². The van der Waals surface area contributed by atoms with Gasteiger partial charge in [0.2, 0.25) is 0 Å². The predicted octanol–water partition coefficient (Wildman–Crippen LogP) is 2.06. The first-order valence-electron chi connectivity index (χ1n) is 4.50. The van der Waals surface area contributed by atoms with Gasteiger partial charge in [0.15, 0.2) is 0 Å². The maximum Gasteiger partial charge on any atom is 0.134 e. The van der Waals surface area contributed by atoms with Gasteiger partial charge in [0.25, 0.3) is 0 Å². The van der Waals surface area contributed by atoms with Crippen LogP contribution >= 0.6 is 11.3 Å². The van der Waals surface area contributed by atoms with Crippen LogP contribution in [0, 0.1) is 0 Å². The molecule has 0 aromatic carbocycles. The molecule has 0 aliphatic carbocycles. The summed E-state index contributed by atoms with van der Waals surface area (Å²) in [6.45, 7) is 0.747. The van der Waals surface area contributed by atoms with E-state index in [0.29, 0.717) is 0 Å². The van der Waals surface area contributed by atoms with E-state index in [1.54, 1.807) is 24.7 Å². The highest BCUT2D eigenvalue weighted by Crippen LogP contribution is 2.35. The van der Waals surface area contributed by atoms with Crippen molar-refractivity contribution in [2.45, 2.75) is 12.5 Å². The second-order valence-electron chi connectivity index (χ2n) is 3.14. The van der Waals surface area contributed by atoms with Crippen LogP contribution in [0.25, 0.3) is 0 Å². The largest absolute Gasteiger partial charge is 0.501 e. The minimum atomic E-state index is -0.0764. The Labute approximate surface area is 87.1 Å². The van der Waals surface area contributed by atoms with Gasteiger partial charge in [0.05, 0.1) is 30.9 Å². The zero-order valence-corrected chi connectivity index (χ0v) is 8.84. The number of rotatable bonds is 3. The van der Waals surface area contributed by atoms with Crippen molar-refractivity contribution in [2.75, 3.05) is 13.7 Å². The minimum Gasteiger partial charge on any atom is -0.501 e. The Bertz CT molecular complexity index is 346. The van der Waals surface area contributed by atoms with Gasteiger partial charge in [-0.25, -0.2) is 0 Å². The molecule has 0 fully saturated rings. The van der Waals surface area contributed by atoms with Gasteiger partial charge in [-0.3, -0.25) is 0 Å². The quantitative estimate of drug-likeness (QED) is 0.832. The summed E-state index contributed by atoms with van der Waals surface area (Å²) in [4.78, 5) is 1.07. The fourth-order valence-corrected chi connectivity index (χ4v) is 2.41. The highest BCUT2D eigenvalue weighted by atomic mass is 32.1. The number of ether oxygens (including phenoxy) is 2. The molecule has 4 heteroatoms. The average molecular weight is 211 g/mol. The van der Waals surface area contributed by atoms with Gasteiger partial charge in [-0.2, -0.15) is 0 Å². The van der Waals surface area contributed by atoms with Crippen molar-refractivity contribution in [3.8, 4) is 5.75 Å². The van der Waals surface area contributed by atoms with Gasteiger partial charge in [-0.1, -0.05) is 0 Å². The van der Waals surface area contributed by atoms with Crippen LogP contribution in [0.3, 0.4) is 0 Å². The molecule has 1 aliphatic heterocycles. The summed E-state index contributed by atoms with van der Waals surface area (Å²) >= 11 is 1.62. The first kappa shape index (κ1) is 9.55. The summed E-state index contributed by atoms with van der Waals surface area (Å²) in [7, 11) is 1.66. The summed E-state index contributed by atoms with van der Waals surface area (Å²) in [6.07, 6.45) is 2.69. The van der Waals surface area contributed by atoms with Gasteiger partial charge < -0.3 is 15.2 Å². The Morgan fingerprint density at radius 2 is 2.50 bits per heavy atom. The van der Waals surface area contributed by atoms with Crippen molar-refractivity contribution in [1.29, 1.82) is 0 Å². The highest BCUT2D eigenvalue weighted by Gasteiger charge is 2.20. The van der Waals surface area contributed by atoms with Crippen LogP contribution in [0.2, 0.25) is 0 Å². The van der Waals surface area contributed by atoms with Crippen molar-refractivity contribution in [2.24, 2.45) is 5.73 Å². The van der Waals surface area contributed by atoms with E-state index in [1.807, 2.05) is 11.4 Å². The molecule has 1 aromatic heterocycles. The summed E-state index contributed by atoms with van der Waals surface area (Å²) < 4.78 is 10.4. The maximum absolute atomic E-state index is 6.10. The average Bonchev–Trinajstić information content (AvgIpc) is 2.87. The first-order valence-corrected chi connectivity index (χ1v) is 5.38. The van der Waals surface area contributed by atoms with E-state index < -0.39 is 0 Å². The molecule has 1 aliphatic rings. The lowest BCUT2D eigenvalue weighted by atomic mass is 10.1. The number of hydrogen-bond donors (Lipinski definition) is 1. The van der Waals surface area contributed by atoms with E-state index in [9.17, 15) is 0 Å². The van der Waals surface area contributed by atoms with Gasteiger partial charge in [0.1, 0.15) is 5.75 Å². The van der Waals surface area contributed by atoms with Crippen LogP contribution in [0.15, 0.2) is 23.3 Å². The number of thiophene rings is 1. The van der Waals surface area contributed by atoms with E-state index in [1.165, 1.54) is 0 Å². The predicted molar refractivity (Wildman–Crippen MR) is 56.5 cm³/mol. The van der Waals surface area contributed by atoms with Gasteiger partial charge in [0, 0.05) is 6.42 Å². The van der Waals surface area contributed by atoms with Crippen LogP contribution in [-0.2, 0) is 4.74 Å². The van der Waals surface area contributed by atoms with E-state index in [4.69, 9.17) is 15.2 Å². The summed E-state index contributed by atoms with van der Waals surface area (Å²) in [6, 6.07) is 1.86. The molecule has 2 rings (SSSR count). The van der Waals surface area contributed by atoms with Crippen molar-refractivity contribution in [3.05, 3.63) is 28.2 Å². The third kappa shape index (κ3) is 1.63. The van der Waals surface area contributed by atoms with Crippen molar-refractivity contribution >= 4 is 11.3 Å². The van der Waals surface area contributed by atoms with Crippen LogP contribution in [0.1, 0.15) is 17.3 Å². The molecule has 0 amide bonds. The molecular formula is C10H13NO2S. The van der Waals surface area contributed by atoms with Gasteiger partial charge in [-0.15, -0.1) is 11.3 Å². The second kappa shape index (κ2) is 4.02. The topological polar surface area (TPSA) is 44.5 Å². The lowest BCUT2D eigenvalue weighted by Gasteiger charge is -2.11. The molecule has 1 atom stereocenters. The highest BCUT2D eigenvalue weighted by molar-refractivity contribution is 7.10. The SMILES string of the molecule is COc1ccsc1C(N)C1=COCC1. The Balaban J connectivity index is 2.21. The zero-order valence-electron chi connectivity index (χ0n) is 8.03. The maximum atomic E-state index is 6.10. The number of hydrogen-bond acceptors (Lipinski definition) is 4. The van der Waals surface area contributed by atoms with E-state index in [2.05, 4.69) is 0 Å². The number of nitrogens with two attached hydrogens (primary N) is 1. The standard InChI is InChI=1S/C10H13NO2S/c1-12-8-3-5-14-10(8)9(11)7-2-4-13-6-7/h3,5-6,9H,2,4,11H2,1H3. The van der Waals surface area contributed by atoms with Crippen LogP contribution in [0.4, 0.5) is 0 Å². The molecule has 2 heterocycles. The molecular weight excluding hydrogens is 198 g/mol. The molecule has 0 spiro atoms. The monoisotopic (exact) mass is 211 g/mol. The molecule has 0 bridgehead atoms.